The van der Waals surface area contributed by atoms with Gasteiger partial charge in [-0.1, -0.05) is 0 Å². The molecule has 2 aromatic rings. The van der Waals surface area contributed by atoms with Gasteiger partial charge in [0, 0.05) is 24.5 Å². The second kappa shape index (κ2) is 5.18. The lowest BCUT2D eigenvalue weighted by atomic mass is 10.3. The third-order valence-electron chi connectivity index (χ3n) is 2.22. The molecule has 0 radical (unpaired) electrons. The Morgan fingerprint density at radius 2 is 2.18 bits per heavy atom. The van der Waals surface area contributed by atoms with Crippen molar-refractivity contribution in [2.75, 3.05) is 11.9 Å². The zero-order chi connectivity index (χ0) is 12.3. The molecule has 0 saturated carbocycles. The van der Waals surface area contributed by atoms with E-state index in [1.807, 2.05) is 13.8 Å². The lowest BCUT2D eigenvalue weighted by Crippen LogP contribution is -2.05. The lowest BCUT2D eigenvalue weighted by molar-refractivity contribution is 0.926. The van der Waals surface area contributed by atoms with E-state index in [1.165, 1.54) is 11.8 Å². The van der Waals surface area contributed by atoms with Crippen LogP contribution in [0, 0.1) is 13.8 Å². The molecular formula is C11H15N5S. The van der Waals surface area contributed by atoms with Crippen molar-refractivity contribution in [2.45, 2.75) is 31.0 Å². The molecule has 2 rings (SSSR count). The Morgan fingerprint density at radius 1 is 1.35 bits per heavy atom. The first kappa shape index (κ1) is 11.9. The van der Waals surface area contributed by atoms with Gasteiger partial charge in [0.25, 0.3) is 0 Å². The third-order valence-corrected chi connectivity index (χ3v) is 3.23. The molecule has 2 aromatic heterocycles. The standard InChI is InChI=1S/C11H15N5S/c1-4-12-9-7(2)10(16-8(3)15-9)17-11-13-5-6-14-11/h5-6H,4H2,1-3H3,(H,13,14)(H,12,15,16). The van der Waals surface area contributed by atoms with Crippen LogP contribution >= 0.6 is 11.8 Å². The van der Waals surface area contributed by atoms with Gasteiger partial charge in [-0.2, -0.15) is 0 Å². The van der Waals surface area contributed by atoms with E-state index in [9.17, 15) is 0 Å². The van der Waals surface area contributed by atoms with Gasteiger partial charge < -0.3 is 10.3 Å². The summed E-state index contributed by atoms with van der Waals surface area (Å²) < 4.78 is 0. The second-order valence-corrected chi connectivity index (χ2v) is 4.55. The summed E-state index contributed by atoms with van der Waals surface area (Å²) in [6.07, 6.45) is 3.54. The fourth-order valence-electron chi connectivity index (χ4n) is 1.44. The molecule has 5 nitrogen and oxygen atoms in total. The molecule has 0 bridgehead atoms. The highest BCUT2D eigenvalue weighted by Gasteiger charge is 2.10. The SMILES string of the molecule is CCNc1nc(C)nc(Sc2ncc[nH]2)c1C. The summed E-state index contributed by atoms with van der Waals surface area (Å²) >= 11 is 1.52. The van der Waals surface area contributed by atoms with Crippen LogP contribution in [0.3, 0.4) is 0 Å². The lowest BCUT2D eigenvalue weighted by Gasteiger charge is -2.10. The average Bonchev–Trinajstić information content (AvgIpc) is 2.78. The van der Waals surface area contributed by atoms with Crippen molar-refractivity contribution in [3.05, 3.63) is 23.8 Å². The summed E-state index contributed by atoms with van der Waals surface area (Å²) in [5.74, 6) is 1.66. The van der Waals surface area contributed by atoms with Crippen LogP contribution in [-0.2, 0) is 0 Å². The molecule has 0 fully saturated rings. The van der Waals surface area contributed by atoms with Crippen LogP contribution < -0.4 is 5.32 Å². The number of nitrogens with one attached hydrogen (secondary N) is 2. The molecule has 0 amide bonds. The predicted molar refractivity (Wildman–Crippen MR) is 68.4 cm³/mol. The smallest absolute Gasteiger partial charge is 0.171 e. The molecule has 90 valence electrons. The molecule has 2 heterocycles. The molecule has 0 unspecified atom stereocenters. The minimum Gasteiger partial charge on any atom is -0.370 e. The number of aromatic nitrogens is 4. The van der Waals surface area contributed by atoms with Crippen LogP contribution in [-0.4, -0.2) is 26.5 Å². The largest absolute Gasteiger partial charge is 0.370 e. The van der Waals surface area contributed by atoms with Gasteiger partial charge in [-0.05, 0) is 32.5 Å². The highest BCUT2D eigenvalue weighted by atomic mass is 32.2. The highest BCUT2D eigenvalue weighted by molar-refractivity contribution is 7.99. The van der Waals surface area contributed by atoms with Crippen LogP contribution in [0.15, 0.2) is 22.6 Å². The monoisotopic (exact) mass is 249 g/mol. The van der Waals surface area contributed by atoms with Gasteiger partial charge >= 0.3 is 0 Å². The summed E-state index contributed by atoms with van der Waals surface area (Å²) in [6.45, 7) is 6.81. The minimum absolute atomic E-state index is 0.764. The number of anilines is 1. The highest BCUT2D eigenvalue weighted by Crippen LogP contribution is 2.28. The number of rotatable bonds is 4. The fourth-order valence-corrected chi connectivity index (χ4v) is 2.29. The Balaban J connectivity index is 2.32. The van der Waals surface area contributed by atoms with Crippen molar-refractivity contribution in [2.24, 2.45) is 0 Å². The zero-order valence-corrected chi connectivity index (χ0v) is 10.9. The number of hydrogen-bond donors (Lipinski definition) is 2. The topological polar surface area (TPSA) is 66.5 Å². The number of H-pyrrole nitrogens is 1. The normalized spacial score (nSPS) is 10.5. The maximum atomic E-state index is 4.44. The van der Waals surface area contributed by atoms with E-state index in [1.54, 1.807) is 12.4 Å². The number of imidazole rings is 1. The zero-order valence-electron chi connectivity index (χ0n) is 10.1. The van der Waals surface area contributed by atoms with Crippen LogP contribution in [0.2, 0.25) is 0 Å². The maximum Gasteiger partial charge on any atom is 0.171 e. The van der Waals surface area contributed by atoms with Crippen molar-refractivity contribution in [3.63, 3.8) is 0 Å². The van der Waals surface area contributed by atoms with E-state index >= 15 is 0 Å². The van der Waals surface area contributed by atoms with Crippen molar-refractivity contribution < 1.29 is 0 Å². The van der Waals surface area contributed by atoms with Crippen LogP contribution in [0.5, 0.6) is 0 Å². The van der Waals surface area contributed by atoms with Gasteiger partial charge in [0.2, 0.25) is 0 Å². The molecule has 17 heavy (non-hydrogen) atoms. The first-order valence-corrected chi connectivity index (χ1v) is 6.28. The van der Waals surface area contributed by atoms with Crippen molar-refractivity contribution >= 4 is 17.6 Å². The van der Waals surface area contributed by atoms with E-state index in [0.29, 0.717) is 0 Å². The molecule has 6 heteroatoms. The molecule has 0 atom stereocenters. The van der Waals surface area contributed by atoms with Gasteiger partial charge in [-0.15, -0.1) is 0 Å². The number of aromatic amines is 1. The van der Waals surface area contributed by atoms with Gasteiger partial charge in [0.15, 0.2) is 5.16 Å². The molecule has 0 aromatic carbocycles. The first-order valence-electron chi connectivity index (χ1n) is 5.47. The Bertz CT molecular complexity index is 495. The molecule has 0 aliphatic heterocycles. The number of nitrogens with zero attached hydrogens (tertiary/aromatic N) is 3. The Hall–Kier alpha value is -1.56. The molecular weight excluding hydrogens is 234 g/mol. The Labute approximate surface area is 104 Å². The molecule has 0 aliphatic carbocycles. The first-order chi connectivity index (χ1) is 8.20. The van der Waals surface area contributed by atoms with E-state index in [4.69, 9.17) is 0 Å². The average molecular weight is 249 g/mol. The molecule has 0 spiro atoms. The quantitative estimate of drug-likeness (QED) is 0.814. The van der Waals surface area contributed by atoms with E-state index in [0.717, 1.165) is 33.9 Å². The Kier molecular flexibility index (Phi) is 3.63. The van der Waals surface area contributed by atoms with Crippen molar-refractivity contribution in [3.8, 4) is 0 Å². The molecule has 0 aliphatic rings. The van der Waals surface area contributed by atoms with Gasteiger partial charge in [-0.25, -0.2) is 15.0 Å². The summed E-state index contributed by atoms with van der Waals surface area (Å²) in [5, 5.41) is 5.02. The van der Waals surface area contributed by atoms with Crippen molar-refractivity contribution in [1.82, 2.24) is 19.9 Å². The predicted octanol–water partition coefficient (Wildman–Crippen LogP) is 2.40. The molecule has 2 N–H and O–H groups in total. The van der Waals surface area contributed by atoms with E-state index in [-0.39, 0.29) is 0 Å². The molecule has 0 saturated heterocycles. The van der Waals surface area contributed by atoms with Crippen molar-refractivity contribution in [1.29, 1.82) is 0 Å². The summed E-state index contributed by atoms with van der Waals surface area (Å²) in [5.41, 5.74) is 1.05. The summed E-state index contributed by atoms with van der Waals surface area (Å²) in [7, 11) is 0. The maximum absolute atomic E-state index is 4.44. The fraction of sp³-hybridized carbons (Fsp3) is 0.364. The Morgan fingerprint density at radius 3 is 2.82 bits per heavy atom. The third kappa shape index (κ3) is 2.76. The van der Waals surface area contributed by atoms with Crippen LogP contribution in [0.4, 0.5) is 5.82 Å². The minimum atomic E-state index is 0.764. The van der Waals surface area contributed by atoms with Crippen LogP contribution in [0.1, 0.15) is 18.3 Å². The van der Waals surface area contributed by atoms with Gasteiger partial charge in [0.1, 0.15) is 16.7 Å². The summed E-state index contributed by atoms with van der Waals surface area (Å²) in [6, 6.07) is 0. The number of hydrogen-bond acceptors (Lipinski definition) is 5. The van der Waals surface area contributed by atoms with Gasteiger partial charge in [-0.3, -0.25) is 0 Å². The second-order valence-electron chi connectivity index (χ2n) is 3.58. The van der Waals surface area contributed by atoms with E-state index in [2.05, 4.69) is 32.2 Å². The van der Waals surface area contributed by atoms with Crippen LogP contribution in [0.25, 0.3) is 0 Å². The van der Waals surface area contributed by atoms with Gasteiger partial charge in [0.05, 0.1) is 0 Å². The van der Waals surface area contributed by atoms with E-state index < -0.39 is 0 Å². The summed E-state index contributed by atoms with van der Waals surface area (Å²) in [4.78, 5) is 16.1. The number of aryl methyl sites for hydroxylation is 1.